The van der Waals surface area contributed by atoms with E-state index in [1.54, 1.807) is 0 Å². The summed E-state index contributed by atoms with van der Waals surface area (Å²) in [7, 11) is 0. The molecule has 0 amide bonds. The third-order valence-corrected chi connectivity index (χ3v) is 12.0. The summed E-state index contributed by atoms with van der Waals surface area (Å²) >= 11 is 0. The zero-order valence-corrected chi connectivity index (χ0v) is 33.1. The SMILES string of the molecule is c1ccc(-c2nc3c(-c4ccccc4)cc4c(-c5ccccc5-c5ccc(-n6c7ccccc7c7ccccc76)cc5)nc5ccccc5c4c3nc2-c2ccccc2)cc1. The van der Waals surface area contributed by atoms with Crippen molar-refractivity contribution >= 4 is 54.5 Å². The van der Waals surface area contributed by atoms with Crippen molar-refractivity contribution in [3.63, 3.8) is 0 Å². The van der Waals surface area contributed by atoms with E-state index in [0.29, 0.717) is 0 Å². The minimum absolute atomic E-state index is 0.844. The molecule has 0 saturated carbocycles. The molecule has 0 aliphatic rings. The average molecular weight is 777 g/mol. The third-order valence-electron chi connectivity index (χ3n) is 12.0. The van der Waals surface area contributed by atoms with Gasteiger partial charge in [0.05, 0.1) is 44.7 Å². The van der Waals surface area contributed by atoms with Crippen LogP contribution in [0.15, 0.2) is 218 Å². The number of benzene rings is 9. The van der Waals surface area contributed by atoms with Gasteiger partial charge in [0.15, 0.2) is 0 Å². The normalized spacial score (nSPS) is 11.6. The summed E-state index contributed by atoms with van der Waals surface area (Å²) in [6.45, 7) is 0. The first-order valence-corrected chi connectivity index (χ1v) is 20.7. The highest BCUT2D eigenvalue weighted by Crippen LogP contribution is 2.45. The Morgan fingerprint density at radius 3 is 1.39 bits per heavy atom. The second-order valence-electron chi connectivity index (χ2n) is 15.5. The lowest BCUT2D eigenvalue weighted by molar-refractivity contribution is 1.18. The van der Waals surface area contributed by atoms with E-state index in [0.717, 1.165) is 94.4 Å². The van der Waals surface area contributed by atoms with Crippen molar-refractivity contribution in [2.45, 2.75) is 0 Å². The number of para-hydroxylation sites is 3. The fraction of sp³-hybridized carbons (Fsp3) is 0. The fourth-order valence-corrected chi connectivity index (χ4v) is 9.20. The summed E-state index contributed by atoms with van der Waals surface area (Å²) in [4.78, 5) is 16.8. The number of rotatable bonds is 6. The van der Waals surface area contributed by atoms with Gasteiger partial charge in [-0.15, -0.1) is 0 Å². The second-order valence-corrected chi connectivity index (χ2v) is 15.5. The second kappa shape index (κ2) is 14.3. The van der Waals surface area contributed by atoms with Gasteiger partial charge in [-0.2, -0.15) is 0 Å². The quantitative estimate of drug-likeness (QED) is 0.158. The molecule has 0 bridgehead atoms. The minimum atomic E-state index is 0.844. The Bertz CT molecular complexity index is 3560. The Morgan fingerprint density at radius 1 is 0.295 bits per heavy atom. The van der Waals surface area contributed by atoms with Gasteiger partial charge < -0.3 is 4.57 Å². The molecule has 284 valence electrons. The Labute approximate surface area is 352 Å². The first kappa shape index (κ1) is 34.8. The topological polar surface area (TPSA) is 43.6 Å². The molecule has 0 N–H and O–H groups in total. The molecule has 4 nitrogen and oxygen atoms in total. The van der Waals surface area contributed by atoms with Crippen molar-refractivity contribution < 1.29 is 0 Å². The number of fused-ring (bicyclic) bond motifs is 8. The Morgan fingerprint density at radius 2 is 0.770 bits per heavy atom. The molecule has 12 aromatic rings. The molecule has 0 atom stereocenters. The summed E-state index contributed by atoms with van der Waals surface area (Å²) in [5.41, 5.74) is 16.1. The van der Waals surface area contributed by atoms with Crippen LogP contribution in [-0.4, -0.2) is 19.5 Å². The Balaban J connectivity index is 1.13. The fourth-order valence-electron chi connectivity index (χ4n) is 9.20. The molecular weight excluding hydrogens is 741 g/mol. The van der Waals surface area contributed by atoms with Crippen LogP contribution in [0.3, 0.4) is 0 Å². The lowest BCUT2D eigenvalue weighted by Gasteiger charge is -2.19. The smallest absolute Gasteiger partial charge is 0.0987 e. The van der Waals surface area contributed by atoms with Crippen molar-refractivity contribution in [2.75, 3.05) is 0 Å². The van der Waals surface area contributed by atoms with Gasteiger partial charge in [-0.25, -0.2) is 15.0 Å². The van der Waals surface area contributed by atoms with Crippen molar-refractivity contribution in [3.05, 3.63) is 218 Å². The van der Waals surface area contributed by atoms with Crippen LogP contribution >= 0.6 is 0 Å². The van der Waals surface area contributed by atoms with Gasteiger partial charge in [0, 0.05) is 54.9 Å². The molecule has 0 radical (unpaired) electrons. The van der Waals surface area contributed by atoms with Gasteiger partial charge >= 0.3 is 0 Å². The van der Waals surface area contributed by atoms with Crippen molar-refractivity contribution in [2.24, 2.45) is 0 Å². The van der Waals surface area contributed by atoms with Gasteiger partial charge in [0.25, 0.3) is 0 Å². The van der Waals surface area contributed by atoms with Crippen LogP contribution in [0.2, 0.25) is 0 Å². The van der Waals surface area contributed by atoms with E-state index in [9.17, 15) is 0 Å². The molecule has 0 spiro atoms. The summed E-state index contributed by atoms with van der Waals surface area (Å²) < 4.78 is 2.36. The van der Waals surface area contributed by atoms with Gasteiger partial charge in [-0.1, -0.05) is 182 Å². The van der Waals surface area contributed by atoms with E-state index in [-0.39, 0.29) is 0 Å². The van der Waals surface area contributed by atoms with Gasteiger partial charge in [-0.3, -0.25) is 0 Å². The molecule has 0 unspecified atom stereocenters. The van der Waals surface area contributed by atoms with Crippen LogP contribution in [0.1, 0.15) is 0 Å². The maximum Gasteiger partial charge on any atom is 0.0987 e. The number of hydrogen-bond donors (Lipinski definition) is 0. The highest BCUT2D eigenvalue weighted by molar-refractivity contribution is 6.24. The summed E-state index contributed by atoms with van der Waals surface area (Å²) in [6, 6.07) is 77.1. The molecule has 4 heteroatoms. The zero-order valence-electron chi connectivity index (χ0n) is 33.1. The summed E-state index contributed by atoms with van der Waals surface area (Å²) in [5.74, 6) is 0. The van der Waals surface area contributed by atoms with Crippen LogP contribution in [0.25, 0.3) is 116 Å². The first-order valence-electron chi connectivity index (χ1n) is 20.7. The van der Waals surface area contributed by atoms with Gasteiger partial charge in [0.2, 0.25) is 0 Å². The third kappa shape index (κ3) is 5.72. The maximum absolute atomic E-state index is 5.69. The molecule has 0 aliphatic heterocycles. The van der Waals surface area contributed by atoms with Crippen LogP contribution in [0.4, 0.5) is 0 Å². The van der Waals surface area contributed by atoms with E-state index in [1.807, 2.05) is 12.1 Å². The van der Waals surface area contributed by atoms with Crippen molar-refractivity contribution in [1.29, 1.82) is 0 Å². The lowest BCUT2D eigenvalue weighted by Crippen LogP contribution is -2.00. The van der Waals surface area contributed by atoms with Crippen LogP contribution in [-0.2, 0) is 0 Å². The van der Waals surface area contributed by atoms with Crippen LogP contribution < -0.4 is 0 Å². The standard InChI is InChI=1S/C57H36N4/c1-4-18-37(19-5-1)47-36-48-52(57-56(47)59-53(39-20-6-2-7-21-39)54(60-57)40-22-8-3-9-23-40)46-28-12-15-29-49(46)58-55(48)45-27-11-10-24-42(45)38-32-34-41(35-33-38)61-50-30-16-13-25-43(50)44-26-14-17-31-51(44)61/h1-36H. The molecule has 0 fully saturated rings. The number of pyridine rings is 1. The number of nitrogens with zero attached hydrogens (tertiary/aromatic N) is 4. The van der Waals surface area contributed by atoms with Crippen LogP contribution in [0, 0.1) is 0 Å². The monoisotopic (exact) mass is 776 g/mol. The zero-order chi connectivity index (χ0) is 40.3. The van der Waals surface area contributed by atoms with Gasteiger partial charge in [-0.05, 0) is 53.1 Å². The molecule has 0 aliphatic carbocycles. The van der Waals surface area contributed by atoms with Crippen molar-refractivity contribution in [1.82, 2.24) is 19.5 Å². The molecule has 12 rings (SSSR count). The summed E-state index contributed by atoms with van der Waals surface area (Å²) in [5, 5.41) is 5.61. The molecule has 3 heterocycles. The van der Waals surface area contributed by atoms with E-state index >= 15 is 0 Å². The molecular formula is C57H36N4. The van der Waals surface area contributed by atoms with Crippen molar-refractivity contribution in [3.8, 4) is 61.7 Å². The van der Waals surface area contributed by atoms with Crippen LogP contribution in [0.5, 0.6) is 0 Å². The minimum Gasteiger partial charge on any atom is -0.309 e. The van der Waals surface area contributed by atoms with E-state index in [2.05, 4.69) is 211 Å². The highest BCUT2D eigenvalue weighted by Gasteiger charge is 2.23. The average Bonchev–Trinajstić information content (AvgIpc) is 3.68. The Hall–Kier alpha value is -8.21. The van der Waals surface area contributed by atoms with E-state index in [1.165, 1.54) is 21.8 Å². The largest absolute Gasteiger partial charge is 0.309 e. The molecule has 0 saturated heterocycles. The molecule has 3 aromatic heterocycles. The van der Waals surface area contributed by atoms with E-state index in [4.69, 9.17) is 15.0 Å². The predicted molar refractivity (Wildman–Crippen MR) is 254 cm³/mol. The molecule has 61 heavy (non-hydrogen) atoms. The molecule has 9 aromatic carbocycles. The summed E-state index contributed by atoms with van der Waals surface area (Å²) in [6.07, 6.45) is 0. The Kier molecular flexibility index (Phi) is 8.13. The maximum atomic E-state index is 5.69. The first-order chi connectivity index (χ1) is 30.3. The lowest BCUT2D eigenvalue weighted by atomic mass is 9.90. The highest BCUT2D eigenvalue weighted by atomic mass is 15.0. The van der Waals surface area contributed by atoms with Gasteiger partial charge in [0.1, 0.15) is 0 Å². The number of hydrogen-bond acceptors (Lipinski definition) is 3. The predicted octanol–water partition coefficient (Wildman–Crippen LogP) is 14.8. The number of aromatic nitrogens is 4. The van der Waals surface area contributed by atoms with E-state index < -0.39 is 0 Å².